The molecule has 0 radical (unpaired) electrons. The van der Waals surface area contributed by atoms with Gasteiger partial charge in [0.25, 0.3) is 10.0 Å². The SMILES string of the molecule is COc1ccccc1Cc1nnc(NS(=O)(=O)c2ccc(F)c(F)c2)s1. The first-order valence-electron chi connectivity index (χ1n) is 7.31. The Morgan fingerprint density at radius 1 is 1.12 bits per heavy atom. The second-order valence-electron chi connectivity index (χ2n) is 5.17. The third-order valence-corrected chi connectivity index (χ3v) is 5.73. The number of rotatable bonds is 6. The van der Waals surface area contributed by atoms with Crippen LogP contribution >= 0.6 is 11.3 Å². The number of sulfonamides is 1. The number of para-hydroxylation sites is 1. The molecule has 10 heteroatoms. The van der Waals surface area contributed by atoms with Gasteiger partial charge in [-0.2, -0.15) is 0 Å². The standard InChI is InChI=1S/C16H13F2N3O3S2/c1-24-14-5-3-2-4-10(14)8-15-19-20-16(25-15)21-26(22,23)11-6-7-12(17)13(18)9-11/h2-7,9H,8H2,1H3,(H,20,21). The van der Waals surface area contributed by atoms with Crippen molar-refractivity contribution in [2.75, 3.05) is 11.8 Å². The molecule has 0 amide bonds. The lowest BCUT2D eigenvalue weighted by Crippen LogP contribution is -2.13. The molecular weight excluding hydrogens is 384 g/mol. The minimum atomic E-state index is -4.10. The molecule has 0 unspecified atom stereocenters. The first kappa shape index (κ1) is 18.2. The van der Waals surface area contributed by atoms with Crippen LogP contribution in [0.2, 0.25) is 0 Å². The summed E-state index contributed by atoms with van der Waals surface area (Å²) < 4.78 is 58.2. The highest BCUT2D eigenvalue weighted by molar-refractivity contribution is 7.93. The van der Waals surface area contributed by atoms with Gasteiger partial charge >= 0.3 is 0 Å². The van der Waals surface area contributed by atoms with E-state index in [2.05, 4.69) is 14.9 Å². The van der Waals surface area contributed by atoms with Crippen LogP contribution in [0, 0.1) is 11.6 Å². The fourth-order valence-corrected chi connectivity index (χ4v) is 4.20. The molecule has 1 heterocycles. The van der Waals surface area contributed by atoms with E-state index >= 15 is 0 Å². The normalized spacial score (nSPS) is 11.3. The second kappa shape index (κ2) is 7.34. The van der Waals surface area contributed by atoms with E-state index < -0.39 is 26.6 Å². The van der Waals surface area contributed by atoms with Crippen LogP contribution in [0.1, 0.15) is 10.6 Å². The lowest BCUT2D eigenvalue weighted by Gasteiger charge is -2.06. The molecule has 0 aliphatic heterocycles. The van der Waals surface area contributed by atoms with Crippen molar-refractivity contribution in [1.82, 2.24) is 10.2 Å². The highest BCUT2D eigenvalue weighted by atomic mass is 32.2. The van der Waals surface area contributed by atoms with Gasteiger partial charge in [-0.15, -0.1) is 10.2 Å². The summed E-state index contributed by atoms with van der Waals surface area (Å²) in [7, 11) is -2.54. The van der Waals surface area contributed by atoms with Crippen LogP contribution in [0.5, 0.6) is 5.75 Å². The highest BCUT2D eigenvalue weighted by Gasteiger charge is 2.19. The first-order chi connectivity index (χ1) is 12.4. The zero-order chi connectivity index (χ0) is 18.7. The molecule has 26 heavy (non-hydrogen) atoms. The monoisotopic (exact) mass is 397 g/mol. The maximum Gasteiger partial charge on any atom is 0.263 e. The predicted octanol–water partition coefficient (Wildman–Crippen LogP) is 3.22. The number of anilines is 1. The van der Waals surface area contributed by atoms with Crippen LogP contribution in [-0.2, 0) is 16.4 Å². The van der Waals surface area contributed by atoms with Crippen molar-refractivity contribution in [1.29, 1.82) is 0 Å². The molecule has 0 bridgehead atoms. The van der Waals surface area contributed by atoms with E-state index in [1.807, 2.05) is 24.3 Å². The van der Waals surface area contributed by atoms with Gasteiger partial charge in [-0.1, -0.05) is 29.5 Å². The molecule has 0 saturated carbocycles. The average molecular weight is 397 g/mol. The van der Waals surface area contributed by atoms with E-state index in [0.717, 1.165) is 29.0 Å². The number of halogens is 2. The maximum absolute atomic E-state index is 13.3. The van der Waals surface area contributed by atoms with Crippen molar-refractivity contribution in [2.45, 2.75) is 11.3 Å². The van der Waals surface area contributed by atoms with Crippen LogP contribution < -0.4 is 9.46 Å². The fourth-order valence-electron chi connectivity index (χ4n) is 2.20. The highest BCUT2D eigenvalue weighted by Crippen LogP contribution is 2.25. The second-order valence-corrected chi connectivity index (χ2v) is 7.92. The summed E-state index contributed by atoms with van der Waals surface area (Å²) in [5.74, 6) is -1.69. The van der Waals surface area contributed by atoms with Gasteiger partial charge in [-0.25, -0.2) is 17.2 Å². The van der Waals surface area contributed by atoms with E-state index in [1.54, 1.807) is 7.11 Å². The molecule has 0 aliphatic carbocycles. The summed E-state index contributed by atoms with van der Waals surface area (Å²) in [4.78, 5) is -0.405. The number of ether oxygens (including phenoxy) is 1. The number of methoxy groups -OCH3 is 1. The van der Waals surface area contributed by atoms with Crippen LogP contribution in [0.3, 0.4) is 0 Å². The van der Waals surface area contributed by atoms with Crippen molar-refractivity contribution in [3.63, 3.8) is 0 Å². The summed E-state index contributed by atoms with van der Waals surface area (Å²) in [6.07, 6.45) is 0.411. The largest absolute Gasteiger partial charge is 0.496 e. The third-order valence-electron chi connectivity index (χ3n) is 3.42. The Bertz CT molecular complexity index is 1040. The van der Waals surface area contributed by atoms with Gasteiger partial charge in [0.1, 0.15) is 10.8 Å². The maximum atomic E-state index is 13.3. The number of aromatic nitrogens is 2. The number of nitrogens with zero attached hydrogens (tertiary/aromatic N) is 2. The summed E-state index contributed by atoms with van der Waals surface area (Å²) >= 11 is 1.04. The molecule has 1 aromatic heterocycles. The van der Waals surface area contributed by atoms with Gasteiger partial charge in [0.05, 0.1) is 12.0 Å². The fraction of sp³-hybridized carbons (Fsp3) is 0.125. The summed E-state index contributed by atoms with van der Waals surface area (Å²) in [6, 6.07) is 9.69. The van der Waals surface area contributed by atoms with Crippen LogP contribution in [0.25, 0.3) is 0 Å². The van der Waals surface area contributed by atoms with E-state index in [-0.39, 0.29) is 5.13 Å². The molecular formula is C16H13F2N3O3S2. The molecule has 0 saturated heterocycles. The van der Waals surface area contributed by atoms with Crippen molar-refractivity contribution >= 4 is 26.5 Å². The minimum Gasteiger partial charge on any atom is -0.496 e. The van der Waals surface area contributed by atoms with Crippen molar-refractivity contribution in [2.24, 2.45) is 0 Å². The van der Waals surface area contributed by atoms with Gasteiger partial charge in [0.15, 0.2) is 11.6 Å². The zero-order valence-corrected chi connectivity index (χ0v) is 15.1. The van der Waals surface area contributed by atoms with Gasteiger partial charge in [0, 0.05) is 12.0 Å². The summed E-state index contributed by atoms with van der Waals surface area (Å²) in [5, 5.41) is 8.33. The number of benzene rings is 2. The topological polar surface area (TPSA) is 81.2 Å². The molecule has 136 valence electrons. The molecule has 3 aromatic rings. The molecule has 3 rings (SSSR count). The van der Waals surface area contributed by atoms with E-state index in [1.165, 1.54) is 0 Å². The van der Waals surface area contributed by atoms with E-state index in [0.29, 0.717) is 23.2 Å². The number of hydrogen-bond acceptors (Lipinski definition) is 6. The van der Waals surface area contributed by atoms with E-state index in [9.17, 15) is 17.2 Å². The summed E-state index contributed by atoms with van der Waals surface area (Å²) in [5.41, 5.74) is 0.876. The van der Waals surface area contributed by atoms with Crippen LogP contribution in [-0.4, -0.2) is 25.7 Å². The minimum absolute atomic E-state index is 0.0274. The van der Waals surface area contributed by atoms with E-state index in [4.69, 9.17) is 4.74 Å². The lowest BCUT2D eigenvalue weighted by atomic mass is 10.1. The quantitative estimate of drug-likeness (QED) is 0.691. The first-order valence-corrected chi connectivity index (χ1v) is 9.61. The Labute approximate surface area is 152 Å². The van der Waals surface area contributed by atoms with Gasteiger partial charge in [-0.3, -0.25) is 4.72 Å². The average Bonchev–Trinajstić information content (AvgIpc) is 3.04. The molecule has 0 spiro atoms. The van der Waals surface area contributed by atoms with Gasteiger partial charge in [-0.05, 0) is 24.3 Å². The van der Waals surface area contributed by atoms with Crippen LogP contribution in [0.4, 0.5) is 13.9 Å². The Balaban J connectivity index is 1.78. The number of nitrogens with one attached hydrogen (secondary N) is 1. The summed E-state index contributed by atoms with van der Waals surface area (Å²) in [6.45, 7) is 0. The Morgan fingerprint density at radius 3 is 2.62 bits per heavy atom. The van der Waals surface area contributed by atoms with Gasteiger partial charge in [0.2, 0.25) is 5.13 Å². The Hall–Kier alpha value is -2.59. The number of hydrogen-bond donors (Lipinski definition) is 1. The molecule has 6 nitrogen and oxygen atoms in total. The third kappa shape index (κ3) is 3.97. The van der Waals surface area contributed by atoms with Crippen molar-refractivity contribution < 1.29 is 21.9 Å². The lowest BCUT2D eigenvalue weighted by molar-refractivity contribution is 0.410. The Kier molecular flexibility index (Phi) is 5.14. The smallest absolute Gasteiger partial charge is 0.263 e. The van der Waals surface area contributed by atoms with Crippen molar-refractivity contribution in [3.8, 4) is 5.75 Å². The molecule has 0 fully saturated rings. The molecule has 0 aliphatic rings. The van der Waals surface area contributed by atoms with Crippen molar-refractivity contribution in [3.05, 3.63) is 64.7 Å². The molecule has 1 N–H and O–H groups in total. The van der Waals surface area contributed by atoms with Gasteiger partial charge < -0.3 is 4.74 Å². The Morgan fingerprint density at radius 2 is 1.88 bits per heavy atom. The van der Waals surface area contributed by atoms with Crippen LogP contribution in [0.15, 0.2) is 47.4 Å². The predicted molar refractivity (Wildman–Crippen MR) is 92.9 cm³/mol. The zero-order valence-electron chi connectivity index (χ0n) is 13.4. The molecule has 0 atom stereocenters. The molecule has 2 aromatic carbocycles.